The number of nitrogens with two attached hydrogens (primary N) is 1. The highest BCUT2D eigenvalue weighted by molar-refractivity contribution is 5.83. The molecule has 0 bridgehead atoms. The molecule has 9 nitrogen and oxygen atoms in total. The van der Waals surface area contributed by atoms with Gasteiger partial charge in [-0.2, -0.15) is 0 Å². The van der Waals surface area contributed by atoms with E-state index in [2.05, 4.69) is 5.32 Å². The van der Waals surface area contributed by atoms with Crippen molar-refractivity contribution in [3.8, 4) is 0 Å². The maximum atomic E-state index is 13.5. The number of halogens is 2. The first-order valence-corrected chi connectivity index (χ1v) is 7.88. The van der Waals surface area contributed by atoms with Crippen molar-refractivity contribution in [2.45, 2.75) is 45.0 Å². The van der Waals surface area contributed by atoms with Gasteiger partial charge in [0.15, 0.2) is 0 Å². The topological polar surface area (TPSA) is 136 Å². The summed E-state index contributed by atoms with van der Waals surface area (Å²) in [5.41, 5.74) is 5.07. The van der Waals surface area contributed by atoms with E-state index < -0.39 is 30.1 Å². The van der Waals surface area contributed by atoms with Crippen molar-refractivity contribution in [3.05, 3.63) is 0 Å². The lowest BCUT2D eigenvalue weighted by molar-refractivity contribution is -0.166. The fraction of sp³-hybridized carbons (Fsp3) is 0.786. The number of carbonyl (C=O) groups excluding carboxylic acids is 3. The van der Waals surface area contributed by atoms with E-state index in [0.717, 1.165) is 6.92 Å². The number of carbonyl (C=O) groups is 3. The zero-order valence-corrected chi connectivity index (χ0v) is 14.2. The monoisotopic (exact) mass is 368 g/mol. The van der Waals surface area contributed by atoms with Crippen LogP contribution in [-0.2, 0) is 14.4 Å². The van der Waals surface area contributed by atoms with Crippen LogP contribution < -0.4 is 11.1 Å². The van der Waals surface area contributed by atoms with Crippen molar-refractivity contribution in [1.29, 1.82) is 0 Å². The van der Waals surface area contributed by atoms with E-state index in [0.29, 0.717) is 10.1 Å². The summed E-state index contributed by atoms with van der Waals surface area (Å²) in [7, 11) is 0. The molecule has 0 aromatic rings. The zero-order chi connectivity index (χ0) is 19.4. The van der Waals surface area contributed by atoms with Crippen LogP contribution in [0.5, 0.6) is 0 Å². The predicted octanol–water partition coefficient (Wildman–Crippen LogP) is -0.247. The molecule has 0 aromatic heterocycles. The molecule has 5 N–H and O–H groups in total. The van der Waals surface area contributed by atoms with E-state index in [9.17, 15) is 28.4 Å². The van der Waals surface area contributed by atoms with Gasteiger partial charge in [-0.25, -0.2) is 18.9 Å². The summed E-state index contributed by atoms with van der Waals surface area (Å²) in [6.45, 7) is 0.138. The van der Waals surface area contributed by atoms with Gasteiger partial charge in [0.2, 0.25) is 17.7 Å². The molecule has 3 amide bonds. The largest absolute Gasteiger partial charge is 0.353 e. The molecule has 146 valence electrons. The minimum absolute atomic E-state index is 0.114. The van der Waals surface area contributed by atoms with Gasteiger partial charge in [0.1, 0.15) is 12.3 Å². The van der Waals surface area contributed by atoms with Crippen LogP contribution in [0.2, 0.25) is 0 Å². The summed E-state index contributed by atoms with van der Waals surface area (Å²) in [6, 6.07) is 0. The van der Waals surface area contributed by atoms with E-state index in [1.165, 1.54) is 0 Å². The van der Waals surface area contributed by atoms with E-state index in [-0.39, 0.29) is 51.9 Å². The Morgan fingerprint density at radius 3 is 2.16 bits per heavy atom. The Balaban J connectivity index is 3.91. The average molecular weight is 368 g/mol. The second-order valence-electron chi connectivity index (χ2n) is 5.47. The van der Waals surface area contributed by atoms with Gasteiger partial charge in [0.05, 0.1) is 13.1 Å². The molecule has 25 heavy (non-hydrogen) atoms. The molecule has 0 heterocycles. The Hall–Kier alpha value is -1.85. The number of nitrogens with zero attached hydrogens (tertiary/aromatic N) is 2. The van der Waals surface area contributed by atoms with Gasteiger partial charge in [0, 0.05) is 39.3 Å². The van der Waals surface area contributed by atoms with Crippen LogP contribution in [-0.4, -0.2) is 76.8 Å². The first-order chi connectivity index (χ1) is 11.7. The molecule has 2 atom stereocenters. The third-order valence-electron chi connectivity index (χ3n) is 3.30. The Labute approximate surface area is 144 Å². The smallest absolute Gasteiger partial charge is 0.246 e. The van der Waals surface area contributed by atoms with E-state index >= 15 is 0 Å². The van der Waals surface area contributed by atoms with Gasteiger partial charge in [-0.1, -0.05) is 0 Å². The molecule has 2 unspecified atom stereocenters. The first-order valence-electron chi connectivity index (χ1n) is 7.88. The van der Waals surface area contributed by atoms with Gasteiger partial charge >= 0.3 is 0 Å². The number of nitrogens with one attached hydrogen (secondary N) is 1. The standard InChI is InChI=1S/C14H26F2N4O5/c1-10(21)19(24)6-5-12(16)9-18-13(22)2-3-14(23)20(25)7-4-11(15)8-17/h11-12,24-25H,2-9,17H2,1H3,(H,18,22). The zero-order valence-electron chi connectivity index (χ0n) is 14.2. The molecular formula is C14H26F2N4O5. The molecule has 0 spiro atoms. The quantitative estimate of drug-likeness (QED) is 0.277. The Morgan fingerprint density at radius 1 is 1.04 bits per heavy atom. The maximum Gasteiger partial charge on any atom is 0.246 e. The van der Waals surface area contributed by atoms with Crippen molar-refractivity contribution >= 4 is 17.7 Å². The Morgan fingerprint density at radius 2 is 1.60 bits per heavy atom. The average Bonchev–Trinajstić information content (AvgIpc) is 2.59. The number of hydrogen-bond donors (Lipinski definition) is 4. The van der Waals surface area contributed by atoms with Gasteiger partial charge in [-0.05, 0) is 6.42 Å². The van der Waals surface area contributed by atoms with Crippen molar-refractivity contribution in [3.63, 3.8) is 0 Å². The number of amides is 3. The van der Waals surface area contributed by atoms with E-state index in [4.69, 9.17) is 10.9 Å². The Bertz CT molecular complexity index is 441. The summed E-state index contributed by atoms with van der Waals surface area (Å²) >= 11 is 0. The fourth-order valence-electron chi connectivity index (χ4n) is 1.69. The summed E-state index contributed by atoms with van der Waals surface area (Å²) in [5, 5.41) is 21.4. The van der Waals surface area contributed by atoms with Crippen LogP contribution in [0.4, 0.5) is 8.78 Å². The number of alkyl halides is 2. The lowest BCUT2D eigenvalue weighted by Crippen LogP contribution is -2.35. The highest BCUT2D eigenvalue weighted by atomic mass is 19.1. The first kappa shape index (κ1) is 23.1. The lowest BCUT2D eigenvalue weighted by atomic mass is 10.2. The molecular weight excluding hydrogens is 342 g/mol. The molecule has 0 saturated heterocycles. The minimum Gasteiger partial charge on any atom is -0.353 e. The highest BCUT2D eigenvalue weighted by Gasteiger charge is 2.16. The predicted molar refractivity (Wildman–Crippen MR) is 83.0 cm³/mol. The summed E-state index contributed by atoms with van der Waals surface area (Å²) in [4.78, 5) is 33.8. The fourth-order valence-corrected chi connectivity index (χ4v) is 1.69. The number of rotatable bonds is 12. The molecule has 11 heteroatoms. The third-order valence-corrected chi connectivity index (χ3v) is 3.30. The van der Waals surface area contributed by atoms with Crippen molar-refractivity contribution in [1.82, 2.24) is 15.4 Å². The SMILES string of the molecule is CC(=O)N(O)CCC(F)CNC(=O)CCC(=O)N(O)CCC(F)CN. The summed E-state index contributed by atoms with van der Waals surface area (Å²) in [6.07, 6.45) is -3.65. The second kappa shape index (κ2) is 12.5. The summed E-state index contributed by atoms with van der Waals surface area (Å²) < 4.78 is 26.4. The van der Waals surface area contributed by atoms with Gasteiger partial charge in [-0.3, -0.25) is 24.8 Å². The number of hydroxylamine groups is 4. The van der Waals surface area contributed by atoms with Crippen molar-refractivity contribution in [2.24, 2.45) is 5.73 Å². The molecule has 0 fully saturated rings. The van der Waals surface area contributed by atoms with Crippen molar-refractivity contribution in [2.75, 3.05) is 26.2 Å². The molecule has 0 rings (SSSR count). The highest BCUT2D eigenvalue weighted by Crippen LogP contribution is 2.02. The lowest BCUT2D eigenvalue weighted by Gasteiger charge is -2.16. The van der Waals surface area contributed by atoms with Crippen LogP contribution in [0.25, 0.3) is 0 Å². The number of hydrogen-bond acceptors (Lipinski definition) is 6. The van der Waals surface area contributed by atoms with Crippen LogP contribution in [0.1, 0.15) is 32.6 Å². The normalized spacial score (nSPS) is 13.0. The molecule has 0 saturated carbocycles. The van der Waals surface area contributed by atoms with Gasteiger partial charge < -0.3 is 11.1 Å². The van der Waals surface area contributed by atoms with Crippen LogP contribution >= 0.6 is 0 Å². The second-order valence-corrected chi connectivity index (χ2v) is 5.47. The van der Waals surface area contributed by atoms with Crippen molar-refractivity contribution < 1.29 is 33.6 Å². The molecule has 0 aliphatic carbocycles. The van der Waals surface area contributed by atoms with E-state index in [1.54, 1.807) is 0 Å². The van der Waals surface area contributed by atoms with Gasteiger partial charge in [-0.15, -0.1) is 0 Å². The third kappa shape index (κ3) is 11.3. The van der Waals surface area contributed by atoms with E-state index in [1.807, 2.05) is 0 Å². The Kier molecular flexibility index (Phi) is 11.6. The molecule has 0 aliphatic rings. The maximum absolute atomic E-state index is 13.5. The molecule has 0 aromatic carbocycles. The molecule has 0 radical (unpaired) electrons. The van der Waals surface area contributed by atoms with Crippen LogP contribution in [0, 0.1) is 0 Å². The molecule has 0 aliphatic heterocycles. The minimum atomic E-state index is -1.47. The summed E-state index contributed by atoms with van der Waals surface area (Å²) in [5.74, 6) is -1.97. The van der Waals surface area contributed by atoms with Crippen LogP contribution in [0.3, 0.4) is 0 Å². The van der Waals surface area contributed by atoms with Crippen LogP contribution in [0.15, 0.2) is 0 Å². The van der Waals surface area contributed by atoms with Gasteiger partial charge in [0.25, 0.3) is 0 Å².